The van der Waals surface area contributed by atoms with Crippen LogP contribution in [0.25, 0.3) is 0 Å². The Morgan fingerprint density at radius 2 is 1.80 bits per heavy atom. The molecule has 1 aromatic rings. The van der Waals surface area contributed by atoms with E-state index in [1.165, 1.54) is 19.2 Å². The maximum Gasteiger partial charge on any atom is 0.308 e. The third-order valence-corrected chi connectivity index (χ3v) is 7.21. The van der Waals surface area contributed by atoms with Crippen molar-refractivity contribution in [3.8, 4) is 5.75 Å². The Hall–Kier alpha value is -2.63. The van der Waals surface area contributed by atoms with Gasteiger partial charge in [-0.25, -0.2) is 0 Å². The lowest BCUT2D eigenvalue weighted by Crippen LogP contribution is -2.50. The van der Waals surface area contributed by atoms with E-state index in [4.69, 9.17) is 9.47 Å². The van der Waals surface area contributed by atoms with E-state index in [2.05, 4.69) is 4.74 Å². The molecule has 1 aromatic carbocycles. The lowest BCUT2D eigenvalue weighted by Gasteiger charge is -2.41. The number of hydrogen-bond donors (Lipinski definition) is 3. The zero-order valence-corrected chi connectivity index (χ0v) is 20.3. The first-order chi connectivity index (χ1) is 16.5. The number of phenols is 1. The third-order valence-electron chi connectivity index (χ3n) is 7.21. The molecule has 10 nitrogen and oxygen atoms in total. The first-order valence-corrected chi connectivity index (χ1v) is 11.6. The van der Waals surface area contributed by atoms with Gasteiger partial charge < -0.3 is 34.4 Å². The highest BCUT2D eigenvalue weighted by atomic mass is 16.5. The maximum absolute atomic E-state index is 13.5. The van der Waals surface area contributed by atoms with Crippen molar-refractivity contribution in [2.24, 2.45) is 0 Å². The lowest BCUT2D eigenvalue weighted by atomic mass is 9.75. The number of esters is 1. The first kappa shape index (κ1) is 25.5. The fourth-order valence-corrected chi connectivity index (χ4v) is 5.29. The fourth-order valence-electron chi connectivity index (χ4n) is 5.29. The lowest BCUT2D eigenvalue weighted by molar-refractivity contribution is -0.148. The van der Waals surface area contributed by atoms with Crippen LogP contribution >= 0.6 is 0 Å². The van der Waals surface area contributed by atoms with E-state index >= 15 is 0 Å². The zero-order chi connectivity index (χ0) is 25.8. The summed E-state index contributed by atoms with van der Waals surface area (Å²) in [6.45, 7) is 3.29. The minimum atomic E-state index is -1.50. The van der Waals surface area contributed by atoms with Gasteiger partial charge in [0.25, 0.3) is 0 Å². The van der Waals surface area contributed by atoms with E-state index in [1.807, 2.05) is 19.0 Å². The summed E-state index contributed by atoms with van der Waals surface area (Å²) in [4.78, 5) is 40.6. The van der Waals surface area contributed by atoms with Crippen LogP contribution in [-0.4, -0.2) is 95.5 Å². The van der Waals surface area contributed by atoms with E-state index in [1.54, 1.807) is 13.8 Å². The molecule has 35 heavy (non-hydrogen) atoms. The molecule has 2 aliphatic heterocycles. The van der Waals surface area contributed by atoms with Crippen LogP contribution in [0.3, 0.4) is 0 Å². The van der Waals surface area contributed by atoms with Gasteiger partial charge in [-0.15, -0.1) is 0 Å². The highest BCUT2D eigenvalue weighted by Gasteiger charge is 2.47. The number of aliphatic hydroxyl groups is 2. The van der Waals surface area contributed by atoms with Crippen LogP contribution in [0.15, 0.2) is 23.3 Å². The highest BCUT2D eigenvalue weighted by molar-refractivity contribution is 6.29. The molecular weight excluding hydrogens is 458 g/mol. The van der Waals surface area contributed by atoms with Gasteiger partial charge in [0.05, 0.1) is 49.6 Å². The quantitative estimate of drug-likeness (QED) is 0.523. The molecule has 0 bridgehead atoms. The number of benzene rings is 1. The van der Waals surface area contributed by atoms with E-state index in [0.29, 0.717) is 12.0 Å². The number of hydrogen-bond acceptors (Lipinski definition) is 10. The summed E-state index contributed by atoms with van der Waals surface area (Å²) in [5.41, 5.74) is -0.0196. The van der Waals surface area contributed by atoms with Crippen LogP contribution in [0.5, 0.6) is 5.75 Å². The molecule has 1 fully saturated rings. The molecule has 0 aromatic heterocycles. The number of ketones is 2. The van der Waals surface area contributed by atoms with Crippen molar-refractivity contribution in [2.45, 2.75) is 69.4 Å². The Balaban J connectivity index is 1.73. The predicted molar refractivity (Wildman–Crippen MR) is 122 cm³/mol. The van der Waals surface area contributed by atoms with E-state index in [0.717, 1.165) is 0 Å². The van der Waals surface area contributed by atoms with Gasteiger partial charge in [0, 0.05) is 28.3 Å². The number of Topliss-reactive ketones (excluding diaryl/α,β-unsaturated/α-hetero) is 2. The van der Waals surface area contributed by atoms with Gasteiger partial charge >= 0.3 is 5.97 Å². The van der Waals surface area contributed by atoms with Crippen LogP contribution in [0.2, 0.25) is 0 Å². The molecule has 10 heteroatoms. The zero-order valence-electron chi connectivity index (χ0n) is 20.3. The number of fused-ring (bicyclic) bond motifs is 1. The van der Waals surface area contributed by atoms with Gasteiger partial charge in [0.2, 0.25) is 0 Å². The van der Waals surface area contributed by atoms with Crippen LogP contribution < -0.4 is 0 Å². The summed E-state index contributed by atoms with van der Waals surface area (Å²) >= 11 is 0. The number of nitrogens with zero attached hydrogens (tertiary/aromatic N) is 1. The summed E-state index contributed by atoms with van der Waals surface area (Å²) in [6, 6.07) is 2.74. The summed E-state index contributed by atoms with van der Waals surface area (Å²) in [6.07, 6.45) is -5.21. The molecule has 0 radical (unpaired) electrons. The standard InChI is InChI=1S/C25H31NO9/c1-10-18-20(24(31)16(34-10)9-17(27)33-5)23(30)13-7-6-12(22(29)19(13)25(18)32)15-8-14(26(3)4)21(28)11(2)35-15/h6-7,10-11,14-16,21,24,28-29,31H,8-9H2,1-5H3/t10-,11-,14-,15?,16-,21-,24+/m1/s1. The number of aromatic hydroxyl groups is 1. The van der Waals surface area contributed by atoms with Crippen molar-refractivity contribution in [2.75, 3.05) is 21.2 Å². The molecule has 190 valence electrons. The Labute approximate surface area is 203 Å². The number of phenolic OH excluding ortho intramolecular Hbond substituents is 1. The Kier molecular flexibility index (Phi) is 6.87. The molecule has 1 aliphatic carbocycles. The normalized spacial score (nSPS) is 33.0. The molecule has 7 atom stereocenters. The van der Waals surface area contributed by atoms with E-state index in [9.17, 15) is 29.7 Å². The molecule has 4 rings (SSSR count). The van der Waals surface area contributed by atoms with Crippen LogP contribution in [0.1, 0.15) is 59.1 Å². The van der Waals surface area contributed by atoms with Crippen LogP contribution in [0.4, 0.5) is 0 Å². The number of likely N-dealkylation sites (N-methyl/N-ethyl adjacent to an activating group) is 1. The second-order valence-electron chi connectivity index (χ2n) is 9.54. The SMILES string of the molecule is COC(=O)C[C@H]1O[C@H](C)C2=C(C(=O)c3ccc(C4C[C@@H](N(C)C)[C@H](O)[C@@H](C)O4)c(O)c3C2=O)[C@H]1O. The second kappa shape index (κ2) is 9.44. The number of ether oxygens (including phenoxy) is 3. The smallest absolute Gasteiger partial charge is 0.308 e. The van der Waals surface area contributed by atoms with Gasteiger partial charge in [-0.3, -0.25) is 14.4 Å². The molecule has 2 heterocycles. The van der Waals surface area contributed by atoms with Gasteiger partial charge in [0.1, 0.15) is 11.9 Å². The topological polar surface area (TPSA) is 143 Å². The Morgan fingerprint density at radius 1 is 1.11 bits per heavy atom. The number of carbonyl (C=O) groups is 3. The Morgan fingerprint density at radius 3 is 2.43 bits per heavy atom. The average Bonchev–Trinajstić information content (AvgIpc) is 2.80. The average molecular weight is 490 g/mol. The molecule has 1 unspecified atom stereocenters. The largest absolute Gasteiger partial charge is 0.507 e. The molecule has 1 saturated heterocycles. The third kappa shape index (κ3) is 4.19. The number of carbonyl (C=O) groups excluding carboxylic acids is 3. The molecule has 0 saturated carbocycles. The van der Waals surface area contributed by atoms with E-state index in [-0.39, 0.29) is 40.5 Å². The minimum absolute atomic E-state index is 0.0342. The first-order valence-electron chi connectivity index (χ1n) is 11.6. The molecule has 0 spiro atoms. The minimum Gasteiger partial charge on any atom is -0.507 e. The van der Waals surface area contributed by atoms with Crippen molar-refractivity contribution in [1.82, 2.24) is 4.90 Å². The summed E-state index contributed by atoms with van der Waals surface area (Å²) in [5, 5.41) is 32.5. The van der Waals surface area contributed by atoms with Crippen LogP contribution in [-0.2, 0) is 19.0 Å². The van der Waals surface area contributed by atoms with Crippen molar-refractivity contribution >= 4 is 17.5 Å². The maximum atomic E-state index is 13.5. The number of methoxy groups -OCH3 is 1. The number of aliphatic hydroxyl groups excluding tert-OH is 2. The van der Waals surface area contributed by atoms with Gasteiger partial charge in [-0.05, 0) is 40.4 Å². The van der Waals surface area contributed by atoms with Gasteiger partial charge in [-0.2, -0.15) is 0 Å². The van der Waals surface area contributed by atoms with Gasteiger partial charge in [0.15, 0.2) is 11.6 Å². The fraction of sp³-hybridized carbons (Fsp3) is 0.560. The molecular formula is C25H31NO9. The molecule has 3 aliphatic rings. The predicted octanol–water partition coefficient (Wildman–Crippen LogP) is 0.920. The molecule has 3 N–H and O–H groups in total. The Bertz CT molecular complexity index is 1090. The number of rotatable bonds is 4. The monoisotopic (exact) mass is 489 g/mol. The molecule has 0 amide bonds. The van der Waals surface area contributed by atoms with Crippen molar-refractivity contribution < 1.29 is 43.9 Å². The van der Waals surface area contributed by atoms with Gasteiger partial charge in [-0.1, -0.05) is 6.07 Å². The van der Waals surface area contributed by atoms with Crippen molar-refractivity contribution in [1.29, 1.82) is 0 Å². The van der Waals surface area contributed by atoms with Crippen molar-refractivity contribution in [3.05, 3.63) is 40.0 Å². The second-order valence-corrected chi connectivity index (χ2v) is 9.54. The summed E-state index contributed by atoms with van der Waals surface area (Å²) < 4.78 is 16.3. The van der Waals surface area contributed by atoms with E-state index < -0.39 is 54.2 Å². The van der Waals surface area contributed by atoms with Crippen LogP contribution in [0, 0.1) is 0 Å². The van der Waals surface area contributed by atoms with Crippen molar-refractivity contribution in [3.63, 3.8) is 0 Å². The highest BCUT2D eigenvalue weighted by Crippen LogP contribution is 2.44. The summed E-state index contributed by atoms with van der Waals surface area (Å²) in [5.74, 6) is -2.21. The summed E-state index contributed by atoms with van der Waals surface area (Å²) in [7, 11) is 4.89.